The number of methoxy groups -OCH3 is 1. The van der Waals surface area contributed by atoms with Crippen LogP contribution >= 0.6 is 0 Å². The molecule has 5 heteroatoms. The van der Waals surface area contributed by atoms with Gasteiger partial charge in [0.15, 0.2) is 12.2 Å². The van der Waals surface area contributed by atoms with E-state index >= 15 is 0 Å². The zero-order chi connectivity index (χ0) is 18.6. The Morgan fingerprint density at radius 1 is 1.04 bits per heavy atom. The van der Waals surface area contributed by atoms with E-state index in [0.717, 1.165) is 29.8 Å². The summed E-state index contributed by atoms with van der Waals surface area (Å²) in [5, 5.41) is 0. The molecule has 0 bridgehead atoms. The number of fused-ring (bicyclic) bond motifs is 1. The molecule has 0 radical (unpaired) electrons. The molecule has 1 aromatic heterocycles. The third kappa shape index (κ3) is 4.20. The number of carbonyl (C=O) groups excluding carboxylic acids is 1. The fourth-order valence-corrected chi connectivity index (χ4v) is 3.84. The Kier molecular flexibility index (Phi) is 6.68. The topological polar surface area (TPSA) is 35.1 Å². The second-order valence-electron chi connectivity index (χ2n) is 7.04. The molecule has 1 aliphatic heterocycles. The first kappa shape index (κ1) is 20.3. The summed E-state index contributed by atoms with van der Waals surface area (Å²) in [5.74, 6) is 2.26. The van der Waals surface area contributed by atoms with Gasteiger partial charge >= 0.3 is 0 Å². The number of hydrogen-bond donors (Lipinski definition) is 0. The van der Waals surface area contributed by atoms with Gasteiger partial charge < -0.3 is 21.7 Å². The molecule has 0 spiro atoms. The number of hydrogen-bond acceptors (Lipinski definition) is 2. The first-order valence-electron chi connectivity index (χ1n) is 9.61. The van der Waals surface area contributed by atoms with Crippen molar-refractivity contribution in [3.05, 3.63) is 72.2 Å². The van der Waals surface area contributed by atoms with Crippen LogP contribution in [-0.2, 0) is 19.5 Å². The van der Waals surface area contributed by atoms with Crippen molar-refractivity contribution in [1.82, 2.24) is 4.57 Å². The fourth-order valence-electron chi connectivity index (χ4n) is 3.84. The van der Waals surface area contributed by atoms with Gasteiger partial charge in [-0.05, 0) is 43.5 Å². The van der Waals surface area contributed by atoms with E-state index in [2.05, 4.69) is 27.5 Å². The van der Waals surface area contributed by atoms with Crippen molar-refractivity contribution in [3.8, 4) is 17.0 Å². The van der Waals surface area contributed by atoms with Crippen LogP contribution in [0.3, 0.4) is 0 Å². The highest BCUT2D eigenvalue weighted by Gasteiger charge is 2.27. The quantitative estimate of drug-likeness (QED) is 0.439. The SMILES string of the molecule is COc1ccc(-c2c[n+](CC(=O)c3ccccc3)c3n2CCCCC3)cc1.[Br-]. The fraction of sp³-hybridized carbons (Fsp3) is 0.304. The summed E-state index contributed by atoms with van der Waals surface area (Å²) < 4.78 is 9.84. The maximum absolute atomic E-state index is 12.8. The second kappa shape index (κ2) is 9.20. The van der Waals surface area contributed by atoms with Gasteiger partial charge in [0.1, 0.15) is 11.9 Å². The van der Waals surface area contributed by atoms with E-state index in [-0.39, 0.29) is 22.8 Å². The molecule has 0 aliphatic carbocycles. The van der Waals surface area contributed by atoms with Crippen molar-refractivity contribution in [2.75, 3.05) is 7.11 Å². The molecule has 2 heterocycles. The molecule has 0 saturated carbocycles. The van der Waals surface area contributed by atoms with Gasteiger partial charge in [0, 0.05) is 17.5 Å². The minimum absolute atomic E-state index is 0. The van der Waals surface area contributed by atoms with Crippen LogP contribution in [0.4, 0.5) is 0 Å². The number of aromatic nitrogens is 2. The van der Waals surface area contributed by atoms with Crippen molar-refractivity contribution in [2.24, 2.45) is 0 Å². The summed E-state index contributed by atoms with van der Waals surface area (Å²) in [7, 11) is 1.68. The third-order valence-corrected chi connectivity index (χ3v) is 5.29. The lowest BCUT2D eigenvalue weighted by Crippen LogP contribution is -3.00. The Labute approximate surface area is 176 Å². The first-order valence-corrected chi connectivity index (χ1v) is 9.61. The molecule has 4 nitrogen and oxygen atoms in total. The Hall–Kier alpha value is -2.40. The summed E-state index contributed by atoms with van der Waals surface area (Å²) in [4.78, 5) is 12.8. The largest absolute Gasteiger partial charge is 1.00 e. The average Bonchev–Trinajstić information content (AvgIpc) is 2.89. The van der Waals surface area contributed by atoms with Crippen LogP contribution in [0.2, 0.25) is 0 Å². The molecule has 0 atom stereocenters. The summed E-state index contributed by atoms with van der Waals surface area (Å²) >= 11 is 0. The predicted octanol–water partition coefficient (Wildman–Crippen LogP) is 1.06. The number of halogens is 1. The molecule has 0 unspecified atom stereocenters. The number of benzene rings is 2. The molecular weight excluding hydrogens is 416 g/mol. The molecule has 146 valence electrons. The number of ketones is 1. The van der Waals surface area contributed by atoms with Crippen molar-refractivity contribution >= 4 is 5.78 Å². The van der Waals surface area contributed by atoms with Crippen molar-refractivity contribution in [3.63, 3.8) is 0 Å². The van der Waals surface area contributed by atoms with Gasteiger partial charge in [0.2, 0.25) is 5.78 Å². The van der Waals surface area contributed by atoms with E-state index in [1.54, 1.807) is 7.11 Å². The molecule has 3 aromatic rings. The number of ether oxygens (including phenoxy) is 1. The monoisotopic (exact) mass is 440 g/mol. The average molecular weight is 441 g/mol. The zero-order valence-electron chi connectivity index (χ0n) is 16.1. The summed E-state index contributed by atoms with van der Waals surface area (Å²) in [6.45, 7) is 1.39. The Morgan fingerprint density at radius 3 is 2.50 bits per heavy atom. The van der Waals surface area contributed by atoms with Gasteiger partial charge in [0.05, 0.1) is 13.7 Å². The van der Waals surface area contributed by atoms with Crippen LogP contribution in [0.25, 0.3) is 11.3 Å². The Balaban J connectivity index is 0.00000225. The predicted molar refractivity (Wildman–Crippen MR) is 105 cm³/mol. The standard InChI is InChI=1S/C23H25N2O2.BrH/c1-27-20-13-11-18(12-14-20)21-16-24(23-10-6-3-7-15-25(21)23)17-22(26)19-8-4-2-5-9-19;/h2,4-5,8-9,11-14,16H,3,6-7,10,15,17H2,1H3;1H/q+1;/p-1. The molecular formula is C23H25BrN2O2. The molecule has 28 heavy (non-hydrogen) atoms. The maximum Gasteiger partial charge on any atom is 0.257 e. The highest BCUT2D eigenvalue weighted by Crippen LogP contribution is 2.26. The van der Waals surface area contributed by atoms with Crippen LogP contribution < -0.4 is 26.3 Å². The van der Waals surface area contributed by atoms with Gasteiger partial charge in [-0.15, -0.1) is 0 Å². The molecule has 0 saturated heterocycles. The van der Waals surface area contributed by atoms with E-state index in [0.29, 0.717) is 6.54 Å². The van der Waals surface area contributed by atoms with E-state index in [9.17, 15) is 4.79 Å². The number of carbonyl (C=O) groups is 1. The number of nitrogens with zero attached hydrogens (tertiary/aromatic N) is 2. The lowest BCUT2D eigenvalue weighted by Gasteiger charge is -2.04. The summed E-state index contributed by atoms with van der Waals surface area (Å²) in [6, 6.07) is 17.7. The summed E-state index contributed by atoms with van der Waals surface area (Å²) in [6.07, 6.45) is 6.74. The van der Waals surface area contributed by atoms with Crippen molar-refractivity contribution in [1.29, 1.82) is 0 Å². The minimum atomic E-state index is 0. The molecule has 0 amide bonds. The maximum atomic E-state index is 12.8. The van der Waals surface area contributed by atoms with E-state index < -0.39 is 0 Å². The van der Waals surface area contributed by atoms with Gasteiger partial charge in [-0.3, -0.25) is 4.79 Å². The number of imidazole rings is 1. The lowest BCUT2D eigenvalue weighted by atomic mass is 10.1. The Bertz CT molecular complexity index is 933. The van der Waals surface area contributed by atoms with Crippen LogP contribution in [0.15, 0.2) is 60.8 Å². The van der Waals surface area contributed by atoms with E-state index in [1.807, 2.05) is 42.5 Å². The zero-order valence-corrected chi connectivity index (χ0v) is 17.7. The normalized spacial score (nSPS) is 13.2. The molecule has 1 aliphatic rings. The molecule has 2 aromatic carbocycles. The van der Waals surface area contributed by atoms with Gasteiger partial charge in [-0.1, -0.05) is 30.3 Å². The minimum Gasteiger partial charge on any atom is -1.00 e. The van der Waals surface area contributed by atoms with Crippen molar-refractivity contribution in [2.45, 2.75) is 38.8 Å². The van der Waals surface area contributed by atoms with E-state index in [1.165, 1.54) is 30.8 Å². The molecule has 0 fully saturated rings. The third-order valence-electron chi connectivity index (χ3n) is 5.29. The van der Waals surface area contributed by atoms with Crippen LogP contribution in [0, 0.1) is 0 Å². The van der Waals surface area contributed by atoms with Gasteiger partial charge in [-0.2, -0.15) is 0 Å². The smallest absolute Gasteiger partial charge is 0.257 e. The van der Waals surface area contributed by atoms with Crippen LogP contribution in [0.5, 0.6) is 5.75 Å². The van der Waals surface area contributed by atoms with E-state index in [4.69, 9.17) is 4.74 Å². The van der Waals surface area contributed by atoms with Gasteiger partial charge in [0.25, 0.3) is 5.82 Å². The Morgan fingerprint density at radius 2 is 1.79 bits per heavy atom. The molecule has 0 N–H and O–H groups in total. The van der Waals surface area contributed by atoms with Gasteiger partial charge in [-0.25, -0.2) is 9.13 Å². The second-order valence-corrected chi connectivity index (χ2v) is 7.04. The lowest BCUT2D eigenvalue weighted by molar-refractivity contribution is -0.690. The van der Waals surface area contributed by atoms with Crippen LogP contribution in [0.1, 0.15) is 35.4 Å². The summed E-state index contributed by atoms with van der Waals surface area (Å²) in [5.41, 5.74) is 3.10. The highest BCUT2D eigenvalue weighted by atomic mass is 79.9. The molecule has 4 rings (SSSR count). The van der Waals surface area contributed by atoms with Crippen LogP contribution in [-0.4, -0.2) is 17.5 Å². The number of Topliss-reactive ketones (excluding diaryl/α,β-unsaturated/α-hetero) is 1. The highest BCUT2D eigenvalue weighted by molar-refractivity contribution is 5.95. The number of rotatable bonds is 5. The first-order chi connectivity index (χ1) is 13.3. The van der Waals surface area contributed by atoms with Crippen molar-refractivity contribution < 1.29 is 31.1 Å².